The van der Waals surface area contributed by atoms with Gasteiger partial charge in [-0.3, -0.25) is 9.59 Å². The normalized spacial score (nSPS) is 19.9. The molecule has 0 aliphatic heterocycles. The monoisotopic (exact) mass is 344 g/mol. The molecule has 2 heterocycles. The Hall–Kier alpha value is -2.90. The molecule has 0 spiro atoms. The molecular formula is C17H20N4O4. The summed E-state index contributed by atoms with van der Waals surface area (Å²) in [6, 6.07) is 2.95. The average molecular weight is 344 g/mol. The lowest BCUT2D eigenvalue weighted by Gasteiger charge is -2.29. The summed E-state index contributed by atoms with van der Waals surface area (Å²) in [6.45, 7) is 0. The van der Waals surface area contributed by atoms with Gasteiger partial charge in [-0.05, 0) is 31.7 Å². The fourth-order valence-corrected chi connectivity index (χ4v) is 2.87. The van der Waals surface area contributed by atoms with E-state index in [9.17, 15) is 9.59 Å². The number of nitrogens with one attached hydrogen (secondary N) is 2. The molecule has 132 valence electrons. The van der Waals surface area contributed by atoms with Gasteiger partial charge < -0.3 is 19.8 Å². The zero-order valence-corrected chi connectivity index (χ0v) is 13.9. The van der Waals surface area contributed by atoms with Crippen LogP contribution >= 0.6 is 0 Å². The molecule has 2 aromatic heterocycles. The van der Waals surface area contributed by atoms with Crippen LogP contribution in [0.4, 0.5) is 0 Å². The van der Waals surface area contributed by atoms with Crippen molar-refractivity contribution in [3.8, 4) is 11.8 Å². The van der Waals surface area contributed by atoms with Crippen LogP contribution in [0.5, 0.6) is 11.8 Å². The van der Waals surface area contributed by atoms with Crippen molar-refractivity contribution in [3.05, 3.63) is 46.6 Å². The zero-order valence-electron chi connectivity index (χ0n) is 13.9. The first-order valence-corrected chi connectivity index (χ1v) is 8.17. The summed E-state index contributed by atoms with van der Waals surface area (Å²) in [5.41, 5.74) is 0.0779. The third-order valence-corrected chi connectivity index (χ3v) is 4.15. The average Bonchev–Trinajstić information content (AvgIpc) is 2.64. The van der Waals surface area contributed by atoms with E-state index < -0.39 is 0 Å². The highest BCUT2D eigenvalue weighted by Gasteiger charge is 2.25. The largest absolute Gasteiger partial charge is 0.477 e. The number of nitrogens with zero attached hydrogens (tertiary/aromatic N) is 2. The van der Waals surface area contributed by atoms with Crippen LogP contribution < -0.4 is 20.3 Å². The highest BCUT2D eigenvalue weighted by Crippen LogP contribution is 2.27. The molecule has 3 rings (SSSR count). The molecule has 1 aliphatic carbocycles. The van der Waals surface area contributed by atoms with Crippen LogP contribution in [0.15, 0.2) is 35.5 Å². The Morgan fingerprint density at radius 3 is 2.60 bits per heavy atom. The highest BCUT2D eigenvalue weighted by molar-refractivity contribution is 5.94. The number of pyridine rings is 1. The van der Waals surface area contributed by atoms with E-state index in [1.54, 1.807) is 18.5 Å². The van der Waals surface area contributed by atoms with Gasteiger partial charge in [0.1, 0.15) is 6.10 Å². The SMILES string of the molecule is COc1nccnc1OC1CCC(NC(=O)c2cc[nH]c(=O)c2)CC1. The third-order valence-electron chi connectivity index (χ3n) is 4.15. The van der Waals surface area contributed by atoms with Crippen LogP contribution in [0.2, 0.25) is 0 Å². The highest BCUT2D eigenvalue weighted by atomic mass is 16.5. The zero-order chi connectivity index (χ0) is 17.6. The van der Waals surface area contributed by atoms with Gasteiger partial charge in [-0.15, -0.1) is 0 Å². The van der Waals surface area contributed by atoms with Gasteiger partial charge in [0.2, 0.25) is 5.56 Å². The van der Waals surface area contributed by atoms with Gasteiger partial charge >= 0.3 is 0 Å². The number of methoxy groups -OCH3 is 1. The molecule has 0 atom stereocenters. The molecule has 1 aliphatic rings. The van der Waals surface area contributed by atoms with Crippen LogP contribution in [-0.2, 0) is 0 Å². The molecule has 0 saturated heterocycles. The van der Waals surface area contributed by atoms with Crippen LogP contribution in [0.3, 0.4) is 0 Å². The van der Waals surface area contributed by atoms with Crippen LogP contribution in [-0.4, -0.2) is 40.1 Å². The number of aromatic nitrogens is 3. The van der Waals surface area contributed by atoms with E-state index in [0.717, 1.165) is 25.7 Å². The van der Waals surface area contributed by atoms with Crippen molar-refractivity contribution in [3.63, 3.8) is 0 Å². The molecule has 1 fully saturated rings. The molecule has 25 heavy (non-hydrogen) atoms. The van der Waals surface area contributed by atoms with Gasteiger partial charge in [0, 0.05) is 36.3 Å². The molecule has 1 saturated carbocycles. The number of amides is 1. The summed E-state index contributed by atoms with van der Waals surface area (Å²) < 4.78 is 11.0. The number of ether oxygens (including phenoxy) is 2. The molecular weight excluding hydrogens is 324 g/mol. The minimum Gasteiger partial charge on any atom is -0.477 e. The third kappa shape index (κ3) is 4.34. The molecule has 0 aromatic carbocycles. The Morgan fingerprint density at radius 2 is 1.92 bits per heavy atom. The van der Waals surface area contributed by atoms with E-state index in [1.807, 2.05) is 0 Å². The van der Waals surface area contributed by atoms with Crippen molar-refractivity contribution in [2.45, 2.75) is 37.8 Å². The van der Waals surface area contributed by atoms with Crippen molar-refractivity contribution >= 4 is 5.91 Å². The smallest absolute Gasteiger partial charge is 0.278 e. The number of H-pyrrole nitrogens is 1. The summed E-state index contributed by atoms with van der Waals surface area (Å²) in [7, 11) is 1.53. The summed E-state index contributed by atoms with van der Waals surface area (Å²) >= 11 is 0. The topological polar surface area (TPSA) is 106 Å². The predicted molar refractivity (Wildman–Crippen MR) is 89.8 cm³/mol. The maximum absolute atomic E-state index is 12.2. The first-order valence-electron chi connectivity index (χ1n) is 8.17. The van der Waals surface area contributed by atoms with E-state index >= 15 is 0 Å². The number of carbonyl (C=O) groups excluding carboxylic acids is 1. The van der Waals surface area contributed by atoms with Gasteiger partial charge in [0.05, 0.1) is 7.11 Å². The lowest BCUT2D eigenvalue weighted by Crippen LogP contribution is -2.40. The Balaban J connectivity index is 1.52. The van der Waals surface area contributed by atoms with E-state index in [4.69, 9.17) is 9.47 Å². The predicted octanol–water partition coefficient (Wildman–Crippen LogP) is 1.29. The van der Waals surface area contributed by atoms with E-state index in [0.29, 0.717) is 17.3 Å². The Kier molecular flexibility index (Phi) is 5.27. The molecule has 8 heteroatoms. The lowest BCUT2D eigenvalue weighted by molar-refractivity contribution is 0.0886. The number of rotatable bonds is 5. The first-order chi connectivity index (χ1) is 12.2. The fraction of sp³-hybridized carbons (Fsp3) is 0.412. The number of hydrogen-bond donors (Lipinski definition) is 2. The minimum atomic E-state index is -0.289. The second kappa shape index (κ2) is 7.78. The first kappa shape index (κ1) is 16.9. The quantitative estimate of drug-likeness (QED) is 0.847. The maximum Gasteiger partial charge on any atom is 0.278 e. The standard InChI is InChI=1S/C17H20N4O4/c1-24-16-17(20-9-8-19-16)25-13-4-2-12(3-5-13)21-15(23)11-6-7-18-14(22)10-11/h6-10,12-13H,2-5H2,1H3,(H,18,22)(H,21,23). The Morgan fingerprint density at radius 1 is 1.20 bits per heavy atom. The number of hydrogen-bond acceptors (Lipinski definition) is 6. The Bertz CT molecular complexity index is 784. The minimum absolute atomic E-state index is 0.0123. The molecule has 2 N–H and O–H groups in total. The van der Waals surface area contributed by atoms with Crippen LogP contribution in [0, 0.1) is 0 Å². The summed E-state index contributed by atoms with van der Waals surface area (Å²) in [4.78, 5) is 34.2. The van der Waals surface area contributed by atoms with Crippen molar-refractivity contribution < 1.29 is 14.3 Å². The van der Waals surface area contributed by atoms with Gasteiger partial charge in [-0.25, -0.2) is 9.97 Å². The number of aromatic amines is 1. The number of carbonyl (C=O) groups is 1. The molecule has 1 amide bonds. The van der Waals surface area contributed by atoms with Gasteiger partial charge in [-0.1, -0.05) is 0 Å². The van der Waals surface area contributed by atoms with E-state index in [2.05, 4.69) is 20.3 Å². The summed E-state index contributed by atoms with van der Waals surface area (Å²) in [5, 5.41) is 2.97. The van der Waals surface area contributed by atoms with E-state index in [-0.39, 0.29) is 23.6 Å². The van der Waals surface area contributed by atoms with Crippen LogP contribution in [0.1, 0.15) is 36.0 Å². The lowest BCUT2D eigenvalue weighted by atomic mass is 9.92. The van der Waals surface area contributed by atoms with Crippen molar-refractivity contribution in [2.75, 3.05) is 7.11 Å². The van der Waals surface area contributed by atoms with Gasteiger partial charge in [0.15, 0.2) is 0 Å². The second-order valence-electron chi connectivity index (χ2n) is 5.88. The maximum atomic E-state index is 12.2. The van der Waals surface area contributed by atoms with Crippen LogP contribution in [0.25, 0.3) is 0 Å². The summed E-state index contributed by atoms with van der Waals surface area (Å²) in [6.07, 6.45) is 7.76. The second-order valence-corrected chi connectivity index (χ2v) is 5.88. The molecule has 2 aromatic rings. The fourth-order valence-electron chi connectivity index (χ4n) is 2.87. The Labute approximate surface area is 144 Å². The van der Waals surface area contributed by atoms with Gasteiger partial charge in [-0.2, -0.15) is 0 Å². The van der Waals surface area contributed by atoms with Crippen molar-refractivity contribution in [1.82, 2.24) is 20.3 Å². The van der Waals surface area contributed by atoms with Crippen molar-refractivity contribution in [2.24, 2.45) is 0 Å². The molecule has 8 nitrogen and oxygen atoms in total. The summed E-state index contributed by atoms with van der Waals surface area (Å²) in [5.74, 6) is 0.527. The molecule has 0 bridgehead atoms. The van der Waals surface area contributed by atoms with Gasteiger partial charge in [0.25, 0.3) is 17.7 Å². The van der Waals surface area contributed by atoms with Crippen molar-refractivity contribution in [1.29, 1.82) is 0 Å². The van der Waals surface area contributed by atoms with E-state index in [1.165, 1.54) is 19.4 Å². The molecule has 0 unspecified atom stereocenters. The molecule has 0 radical (unpaired) electrons.